The maximum atomic E-state index is 13.3. The van der Waals surface area contributed by atoms with Gasteiger partial charge in [0.2, 0.25) is 5.95 Å². The summed E-state index contributed by atoms with van der Waals surface area (Å²) in [6.07, 6.45) is 1.84. The molecule has 0 aliphatic carbocycles. The minimum Gasteiger partial charge on any atom is -0.359 e. The van der Waals surface area contributed by atoms with Crippen molar-refractivity contribution >= 4 is 33.8 Å². The highest BCUT2D eigenvalue weighted by atomic mass is 16.2. The molecule has 4 aromatic rings. The average Bonchev–Trinajstić information content (AvgIpc) is 3.30. The predicted molar refractivity (Wildman–Crippen MR) is 116 cm³/mol. The Kier molecular flexibility index (Phi) is 4.27. The lowest BCUT2D eigenvalue weighted by Crippen LogP contribution is -2.39. The third kappa shape index (κ3) is 2.87. The fourth-order valence-electron chi connectivity index (χ4n) is 4.63. The second-order valence-corrected chi connectivity index (χ2v) is 7.74. The number of rotatable bonds is 3. The van der Waals surface area contributed by atoms with Crippen LogP contribution >= 0.6 is 0 Å². The number of aromatic amines is 1. The number of fused-ring (bicyclic) bond motifs is 2. The van der Waals surface area contributed by atoms with Gasteiger partial charge in [-0.1, -0.05) is 30.3 Å². The van der Waals surface area contributed by atoms with E-state index in [1.165, 1.54) is 0 Å². The topological polar surface area (TPSA) is 66.0 Å². The second-order valence-electron chi connectivity index (χ2n) is 7.74. The number of para-hydroxylation sites is 3. The van der Waals surface area contributed by atoms with Crippen LogP contribution in [0.3, 0.4) is 0 Å². The summed E-state index contributed by atoms with van der Waals surface area (Å²) in [5.74, 6) is 1.02. The molecular weight excluding hydrogens is 362 g/mol. The first-order valence-electron chi connectivity index (χ1n) is 10.2. The smallest absolute Gasteiger partial charge is 0.256 e. The van der Waals surface area contributed by atoms with E-state index in [4.69, 9.17) is 4.98 Å². The highest BCUT2D eigenvalue weighted by molar-refractivity contribution is 6.08. The number of H-pyrrole nitrogens is 1. The molecule has 1 aliphatic rings. The third-order valence-electron chi connectivity index (χ3n) is 6.04. The van der Waals surface area contributed by atoms with Crippen LogP contribution in [-0.4, -0.2) is 45.5 Å². The molecule has 29 heavy (non-hydrogen) atoms. The van der Waals surface area contributed by atoms with Crippen LogP contribution in [0.5, 0.6) is 0 Å². The predicted octanol–water partition coefficient (Wildman–Crippen LogP) is 4.35. The number of anilines is 1. The van der Waals surface area contributed by atoms with Gasteiger partial charge in [0.15, 0.2) is 0 Å². The van der Waals surface area contributed by atoms with Gasteiger partial charge in [-0.15, -0.1) is 0 Å². The lowest BCUT2D eigenvalue weighted by atomic mass is 10.0. The van der Waals surface area contributed by atoms with Crippen molar-refractivity contribution in [1.29, 1.82) is 0 Å². The number of imidazole rings is 1. The number of amides is 1. The summed E-state index contributed by atoms with van der Waals surface area (Å²) in [5.41, 5.74) is 4.92. The molecule has 2 N–H and O–H groups in total. The van der Waals surface area contributed by atoms with Crippen molar-refractivity contribution in [2.24, 2.45) is 0 Å². The quantitative estimate of drug-likeness (QED) is 0.549. The fraction of sp³-hybridized carbons (Fsp3) is 0.304. The Labute approximate surface area is 169 Å². The Morgan fingerprint density at radius 2 is 1.83 bits per heavy atom. The van der Waals surface area contributed by atoms with E-state index in [0.29, 0.717) is 6.04 Å². The summed E-state index contributed by atoms with van der Waals surface area (Å²) in [5, 5.41) is 4.24. The van der Waals surface area contributed by atoms with Gasteiger partial charge in [0.25, 0.3) is 5.91 Å². The molecule has 1 amide bonds. The van der Waals surface area contributed by atoms with Gasteiger partial charge in [-0.3, -0.25) is 4.79 Å². The Hall–Kier alpha value is -3.28. The largest absolute Gasteiger partial charge is 0.359 e. The zero-order chi connectivity index (χ0) is 20.0. The van der Waals surface area contributed by atoms with Crippen molar-refractivity contribution in [2.45, 2.75) is 25.8 Å². The van der Waals surface area contributed by atoms with Crippen molar-refractivity contribution in [3.8, 4) is 0 Å². The first-order chi connectivity index (χ1) is 14.2. The molecule has 2 aromatic carbocycles. The van der Waals surface area contributed by atoms with Crippen LogP contribution in [0.15, 0.2) is 48.5 Å². The van der Waals surface area contributed by atoms with Crippen molar-refractivity contribution in [3.05, 3.63) is 59.8 Å². The molecule has 2 aromatic heterocycles. The molecule has 5 rings (SSSR count). The molecule has 0 saturated carbocycles. The van der Waals surface area contributed by atoms with E-state index in [0.717, 1.165) is 65.1 Å². The summed E-state index contributed by atoms with van der Waals surface area (Å²) < 4.78 is 2.30. The highest BCUT2D eigenvalue weighted by Gasteiger charge is 2.29. The molecule has 0 radical (unpaired) electrons. The SMILES string of the molecule is CNc1nc2ccccc2n1C1CCN(C(=O)c2c(C)[nH]c3ccccc23)CC1. The molecule has 6 nitrogen and oxygen atoms in total. The van der Waals surface area contributed by atoms with Crippen LogP contribution in [0.4, 0.5) is 5.95 Å². The third-order valence-corrected chi connectivity index (χ3v) is 6.04. The van der Waals surface area contributed by atoms with Gasteiger partial charge in [-0.05, 0) is 38.0 Å². The maximum Gasteiger partial charge on any atom is 0.256 e. The van der Waals surface area contributed by atoms with Gasteiger partial charge in [-0.25, -0.2) is 4.98 Å². The Balaban J connectivity index is 1.40. The average molecular weight is 387 g/mol. The monoisotopic (exact) mass is 387 g/mol. The Morgan fingerprint density at radius 3 is 2.62 bits per heavy atom. The van der Waals surface area contributed by atoms with E-state index in [1.54, 1.807) is 0 Å². The van der Waals surface area contributed by atoms with E-state index < -0.39 is 0 Å². The zero-order valence-corrected chi connectivity index (χ0v) is 16.8. The van der Waals surface area contributed by atoms with Crippen LogP contribution in [0.2, 0.25) is 0 Å². The number of aryl methyl sites for hydroxylation is 1. The van der Waals surface area contributed by atoms with Crippen LogP contribution in [0.1, 0.15) is 34.9 Å². The second kappa shape index (κ2) is 6.95. The lowest BCUT2D eigenvalue weighted by molar-refractivity contribution is 0.0698. The number of carbonyl (C=O) groups is 1. The number of nitrogens with one attached hydrogen (secondary N) is 2. The molecule has 0 unspecified atom stereocenters. The van der Waals surface area contributed by atoms with Gasteiger partial charge in [-0.2, -0.15) is 0 Å². The number of hydrogen-bond acceptors (Lipinski definition) is 3. The normalized spacial score (nSPS) is 15.3. The molecule has 148 valence electrons. The Bertz CT molecular complexity index is 1200. The van der Waals surface area contributed by atoms with Crippen LogP contribution in [0, 0.1) is 6.92 Å². The molecule has 0 spiro atoms. The molecular formula is C23H25N5O. The van der Waals surface area contributed by atoms with Crippen LogP contribution < -0.4 is 5.32 Å². The Morgan fingerprint density at radius 1 is 1.10 bits per heavy atom. The van der Waals surface area contributed by atoms with Gasteiger partial charge >= 0.3 is 0 Å². The van der Waals surface area contributed by atoms with Gasteiger partial charge < -0.3 is 19.8 Å². The zero-order valence-electron chi connectivity index (χ0n) is 16.8. The molecule has 1 aliphatic heterocycles. The molecule has 1 fully saturated rings. The summed E-state index contributed by atoms with van der Waals surface area (Å²) >= 11 is 0. The number of nitrogens with zero attached hydrogens (tertiary/aromatic N) is 3. The minimum atomic E-state index is 0.128. The van der Waals surface area contributed by atoms with Gasteiger partial charge in [0.05, 0.1) is 16.6 Å². The maximum absolute atomic E-state index is 13.3. The highest BCUT2D eigenvalue weighted by Crippen LogP contribution is 2.32. The fourth-order valence-corrected chi connectivity index (χ4v) is 4.63. The minimum absolute atomic E-state index is 0.128. The summed E-state index contributed by atoms with van der Waals surface area (Å²) in [6.45, 7) is 3.48. The summed E-state index contributed by atoms with van der Waals surface area (Å²) in [7, 11) is 1.91. The molecule has 1 saturated heterocycles. The number of aromatic nitrogens is 3. The van der Waals surface area contributed by atoms with E-state index in [-0.39, 0.29) is 5.91 Å². The number of carbonyl (C=O) groups excluding carboxylic acids is 1. The number of likely N-dealkylation sites (tertiary alicyclic amines) is 1. The van der Waals surface area contributed by atoms with Gasteiger partial charge in [0.1, 0.15) is 0 Å². The molecule has 0 bridgehead atoms. The lowest BCUT2D eigenvalue weighted by Gasteiger charge is -2.33. The van der Waals surface area contributed by atoms with E-state index in [1.807, 2.05) is 55.3 Å². The van der Waals surface area contributed by atoms with Crippen molar-refractivity contribution in [1.82, 2.24) is 19.4 Å². The number of benzene rings is 2. The van der Waals surface area contributed by atoms with Gasteiger partial charge in [0, 0.05) is 42.8 Å². The first kappa shape index (κ1) is 17.8. The summed E-state index contributed by atoms with van der Waals surface area (Å²) in [4.78, 5) is 23.4. The number of piperidine rings is 1. The van der Waals surface area contributed by atoms with E-state index in [2.05, 4.69) is 27.0 Å². The van der Waals surface area contributed by atoms with Crippen LogP contribution in [0.25, 0.3) is 21.9 Å². The van der Waals surface area contributed by atoms with Crippen LogP contribution in [-0.2, 0) is 0 Å². The standard InChI is InChI=1S/C23H25N5O/c1-15-21(17-7-3-4-8-18(17)25-15)22(29)27-13-11-16(12-14-27)28-20-10-6-5-9-19(20)26-23(28)24-2/h3-10,16,25H,11-14H2,1-2H3,(H,24,26). The van der Waals surface area contributed by atoms with E-state index in [9.17, 15) is 4.79 Å². The van der Waals surface area contributed by atoms with E-state index >= 15 is 0 Å². The van der Waals surface area contributed by atoms with Crippen molar-refractivity contribution in [2.75, 3.05) is 25.5 Å². The summed E-state index contributed by atoms with van der Waals surface area (Å²) in [6, 6.07) is 16.6. The molecule has 6 heteroatoms. The van der Waals surface area contributed by atoms with Crippen molar-refractivity contribution in [3.63, 3.8) is 0 Å². The molecule has 3 heterocycles. The first-order valence-corrected chi connectivity index (χ1v) is 10.2. The van der Waals surface area contributed by atoms with Crippen molar-refractivity contribution < 1.29 is 4.79 Å². The number of hydrogen-bond donors (Lipinski definition) is 2. The molecule has 0 atom stereocenters.